The van der Waals surface area contributed by atoms with E-state index in [1.54, 1.807) is 0 Å². The third kappa shape index (κ3) is 4.43. The summed E-state index contributed by atoms with van der Waals surface area (Å²) >= 11 is 4.02. The number of thiol groups is 1. The Morgan fingerprint density at radius 2 is 2.06 bits per heavy atom. The van der Waals surface area contributed by atoms with Gasteiger partial charge >= 0.3 is 5.97 Å². The molecular weight excluding hydrogens is 226 g/mol. The van der Waals surface area contributed by atoms with E-state index in [4.69, 9.17) is 4.74 Å². The van der Waals surface area contributed by atoms with Crippen molar-refractivity contribution >= 4 is 24.5 Å². The number of nitrogens with one attached hydrogen (secondary N) is 1. The second kappa shape index (κ2) is 6.78. The lowest BCUT2D eigenvalue weighted by molar-refractivity contribution is -0.148. The quantitative estimate of drug-likeness (QED) is 0.564. The van der Waals surface area contributed by atoms with Gasteiger partial charge in [0.05, 0.1) is 6.61 Å². The molecule has 5 heteroatoms. The van der Waals surface area contributed by atoms with Gasteiger partial charge in [-0.1, -0.05) is 12.8 Å². The molecule has 0 heterocycles. The minimum atomic E-state index is -0.623. The Balaban J connectivity index is 2.28. The highest BCUT2D eigenvalue weighted by Crippen LogP contribution is 2.24. The zero-order valence-electron chi connectivity index (χ0n) is 9.57. The highest BCUT2D eigenvalue weighted by atomic mass is 32.1. The molecule has 1 rings (SSSR count). The zero-order valence-corrected chi connectivity index (χ0v) is 10.5. The van der Waals surface area contributed by atoms with Crippen LogP contribution in [-0.4, -0.2) is 30.3 Å². The smallest absolute Gasteiger partial charge is 0.329 e. The Labute approximate surface area is 102 Å². The van der Waals surface area contributed by atoms with Gasteiger partial charge in [-0.05, 0) is 18.8 Å². The van der Waals surface area contributed by atoms with E-state index in [9.17, 15) is 9.59 Å². The number of esters is 1. The fourth-order valence-electron chi connectivity index (χ4n) is 1.90. The molecule has 0 unspecified atom stereocenters. The second-order valence-electron chi connectivity index (χ2n) is 4.22. The Hall–Kier alpha value is -0.710. The number of ether oxygens (including phenoxy) is 1. The minimum absolute atomic E-state index is 0.239. The molecule has 1 saturated carbocycles. The van der Waals surface area contributed by atoms with Crippen molar-refractivity contribution in [1.82, 2.24) is 5.32 Å². The molecule has 1 atom stereocenters. The van der Waals surface area contributed by atoms with Crippen molar-refractivity contribution in [2.45, 2.75) is 38.6 Å². The van der Waals surface area contributed by atoms with Crippen LogP contribution in [-0.2, 0) is 14.3 Å². The first-order valence-corrected chi connectivity index (χ1v) is 6.31. The van der Waals surface area contributed by atoms with Gasteiger partial charge in [-0.3, -0.25) is 4.79 Å². The fourth-order valence-corrected chi connectivity index (χ4v) is 2.14. The predicted octanol–water partition coefficient (Wildman–Crippen LogP) is 1.15. The normalized spacial score (nSPS) is 18.1. The summed E-state index contributed by atoms with van der Waals surface area (Å²) < 4.78 is 5.18. The Morgan fingerprint density at radius 3 is 2.56 bits per heavy atom. The molecule has 4 nitrogen and oxygen atoms in total. The van der Waals surface area contributed by atoms with Crippen molar-refractivity contribution in [3.63, 3.8) is 0 Å². The van der Waals surface area contributed by atoms with Crippen molar-refractivity contribution in [1.29, 1.82) is 0 Å². The van der Waals surface area contributed by atoms with Crippen molar-refractivity contribution in [2.75, 3.05) is 12.4 Å². The van der Waals surface area contributed by atoms with Crippen LogP contribution in [0.2, 0.25) is 0 Å². The van der Waals surface area contributed by atoms with Crippen LogP contribution in [0.1, 0.15) is 32.6 Å². The monoisotopic (exact) mass is 245 g/mol. The number of rotatable bonds is 5. The SMILES string of the molecule is CC(=O)N[C@@H](CS)C(=O)OCC1CCCC1. The van der Waals surface area contributed by atoms with Crippen LogP contribution < -0.4 is 5.32 Å². The van der Waals surface area contributed by atoms with Gasteiger partial charge in [0.25, 0.3) is 0 Å². The number of hydrogen-bond donors (Lipinski definition) is 2. The predicted molar refractivity (Wildman–Crippen MR) is 64.4 cm³/mol. The molecule has 16 heavy (non-hydrogen) atoms. The lowest BCUT2D eigenvalue weighted by Gasteiger charge is -2.16. The summed E-state index contributed by atoms with van der Waals surface area (Å²) in [6.07, 6.45) is 4.73. The second-order valence-corrected chi connectivity index (χ2v) is 4.58. The first-order chi connectivity index (χ1) is 7.63. The number of carbonyl (C=O) groups is 2. The molecule has 0 aromatic rings. The maximum absolute atomic E-state index is 11.6. The first kappa shape index (κ1) is 13.4. The highest BCUT2D eigenvalue weighted by Gasteiger charge is 2.22. The zero-order chi connectivity index (χ0) is 12.0. The standard InChI is InChI=1S/C11H19NO3S/c1-8(13)12-10(7-16)11(14)15-6-9-4-2-3-5-9/h9-10,16H,2-7H2,1H3,(H,12,13)/t10-/m0/s1. The van der Waals surface area contributed by atoms with E-state index in [2.05, 4.69) is 17.9 Å². The van der Waals surface area contributed by atoms with Crippen LogP contribution in [0.3, 0.4) is 0 Å². The molecule has 0 aromatic heterocycles. The van der Waals surface area contributed by atoms with Gasteiger partial charge in [-0.25, -0.2) is 4.79 Å². The molecule has 1 amide bonds. The molecule has 0 saturated heterocycles. The number of amides is 1. The largest absolute Gasteiger partial charge is 0.464 e. The molecule has 0 spiro atoms. The Morgan fingerprint density at radius 1 is 1.44 bits per heavy atom. The van der Waals surface area contributed by atoms with Gasteiger partial charge in [0.15, 0.2) is 0 Å². The lowest BCUT2D eigenvalue weighted by atomic mass is 10.1. The average molecular weight is 245 g/mol. The third-order valence-corrected chi connectivity index (χ3v) is 3.15. The van der Waals surface area contributed by atoms with Gasteiger partial charge in [0, 0.05) is 12.7 Å². The maximum Gasteiger partial charge on any atom is 0.329 e. The number of hydrogen-bond acceptors (Lipinski definition) is 4. The Bertz CT molecular complexity index is 252. The molecule has 92 valence electrons. The Kier molecular flexibility index (Phi) is 5.66. The van der Waals surface area contributed by atoms with E-state index in [1.807, 2.05) is 0 Å². The average Bonchev–Trinajstić information content (AvgIpc) is 2.75. The molecule has 0 bridgehead atoms. The summed E-state index contributed by atoms with van der Waals surface area (Å²) in [5, 5.41) is 2.51. The summed E-state index contributed by atoms with van der Waals surface area (Å²) in [7, 11) is 0. The molecule has 0 radical (unpaired) electrons. The summed E-state index contributed by atoms with van der Waals surface area (Å²) in [4.78, 5) is 22.4. The molecule has 0 aromatic carbocycles. The minimum Gasteiger partial charge on any atom is -0.464 e. The molecule has 0 aliphatic heterocycles. The van der Waals surface area contributed by atoms with Crippen LogP contribution in [0.4, 0.5) is 0 Å². The van der Waals surface area contributed by atoms with Crippen LogP contribution in [0, 0.1) is 5.92 Å². The van der Waals surface area contributed by atoms with E-state index >= 15 is 0 Å². The number of carbonyl (C=O) groups excluding carboxylic acids is 2. The van der Waals surface area contributed by atoms with Crippen molar-refractivity contribution in [3.8, 4) is 0 Å². The van der Waals surface area contributed by atoms with Gasteiger partial charge in [-0.2, -0.15) is 12.6 Å². The van der Waals surface area contributed by atoms with E-state index < -0.39 is 6.04 Å². The first-order valence-electron chi connectivity index (χ1n) is 5.68. The molecule has 1 N–H and O–H groups in total. The van der Waals surface area contributed by atoms with E-state index in [1.165, 1.54) is 19.8 Å². The summed E-state index contributed by atoms with van der Waals surface area (Å²) in [6, 6.07) is -0.623. The molecular formula is C11H19NO3S. The van der Waals surface area contributed by atoms with Gasteiger partial charge < -0.3 is 10.1 Å². The van der Waals surface area contributed by atoms with Crippen LogP contribution >= 0.6 is 12.6 Å². The molecule has 1 aliphatic rings. The van der Waals surface area contributed by atoms with E-state index in [0.717, 1.165) is 12.8 Å². The molecule has 1 aliphatic carbocycles. The van der Waals surface area contributed by atoms with Crippen molar-refractivity contribution < 1.29 is 14.3 Å². The van der Waals surface area contributed by atoms with Gasteiger partial charge in [0.2, 0.25) is 5.91 Å². The molecule has 1 fully saturated rings. The van der Waals surface area contributed by atoms with Crippen LogP contribution in [0.15, 0.2) is 0 Å². The highest BCUT2D eigenvalue weighted by molar-refractivity contribution is 7.80. The van der Waals surface area contributed by atoms with Crippen molar-refractivity contribution in [3.05, 3.63) is 0 Å². The van der Waals surface area contributed by atoms with E-state index in [0.29, 0.717) is 12.5 Å². The maximum atomic E-state index is 11.6. The summed E-state index contributed by atoms with van der Waals surface area (Å²) in [5.74, 6) is 0.152. The van der Waals surface area contributed by atoms with E-state index in [-0.39, 0.29) is 17.6 Å². The van der Waals surface area contributed by atoms with Crippen LogP contribution in [0.5, 0.6) is 0 Å². The fraction of sp³-hybridized carbons (Fsp3) is 0.818. The van der Waals surface area contributed by atoms with Gasteiger partial charge in [0.1, 0.15) is 6.04 Å². The summed E-state index contributed by atoms with van der Waals surface area (Å²) in [5.41, 5.74) is 0. The van der Waals surface area contributed by atoms with Gasteiger partial charge in [-0.15, -0.1) is 0 Å². The summed E-state index contributed by atoms with van der Waals surface area (Å²) in [6.45, 7) is 1.85. The van der Waals surface area contributed by atoms with Crippen molar-refractivity contribution in [2.24, 2.45) is 5.92 Å². The lowest BCUT2D eigenvalue weighted by Crippen LogP contribution is -2.42. The topological polar surface area (TPSA) is 55.4 Å². The third-order valence-electron chi connectivity index (χ3n) is 2.78. The van der Waals surface area contributed by atoms with Crippen LogP contribution in [0.25, 0.3) is 0 Å².